The predicted octanol–water partition coefficient (Wildman–Crippen LogP) is 1.21. The summed E-state index contributed by atoms with van der Waals surface area (Å²) in [5.41, 5.74) is 3.85. The van der Waals surface area contributed by atoms with Crippen molar-refractivity contribution in [3.8, 4) is 0 Å². The lowest BCUT2D eigenvalue weighted by molar-refractivity contribution is -0.384. The number of carbonyl (C=O) groups excluding carboxylic acids is 1. The van der Waals surface area contributed by atoms with E-state index in [2.05, 4.69) is 15.7 Å². The molecule has 0 atom stereocenters. The molecule has 2 aromatic rings. The Labute approximate surface area is 120 Å². The lowest BCUT2D eigenvalue weighted by Gasteiger charge is -2.05. The van der Waals surface area contributed by atoms with Gasteiger partial charge in [-0.05, 0) is 17.7 Å². The summed E-state index contributed by atoms with van der Waals surface area (Å²) in [6.45, 7) is 0.180. The first-order chi connectivity index (χ1) is 10.1. The Morgan fingerprint density at radius 3 is 2.76 bits per heavy atom. The average Bonchev–Trinajstić information content (AvgIpc) is 2.53. The molecular formula is C13H13N5O3. The number of amides is 1. The normalized spacial score (nSPS) is 9.95. The lowest BCUT2D eigenvalue weighted by atomic mass is 10.2. The lowest BCUT2D eigenvalue weighted by Crippen LogP contribution is -2.23. The molecule has 0 saturated heterocycles. The second kappa shape index (κ2) is 6.44. The molecule has 0 fully saturated rings. The number of non-ortho nitro benzene ring substituents is 1. The first kappa shape index (κ1) is 14.4. The number of rotatable bonds is 5. The number of pyridine rings is 1. The molecule has 0 saturated carbocycles. The van der Waals surface area contributed by atoms with Gasteiger partial charge in [0.1, 0.15) is 5.69 Å². The van der Waals surface area contributed by atoms with Crippen molar-refractivity contribution < 1.29 is 9.72 Å². The molecule has 8 heteroatoms. The summed E-state index contributed by atoms with van der Waals surface area (Å²) in [6.07, 6.45) is 1.43. The Bertz CT molecular complexity index is 657. The third-order valence-electron chi connectivity index (χ3n) is 2.74. The number of hydrogen-bond donors (Lipinski definition) is 3. The van der Waals surface area contributed by atoms with Gasteiger partial charge < -0.3 is 10.7 Å². The highest BCUT2D eigenvalue weighted by Gasteiger charge is 2.09. The summed E-state index contributed by atoms with van der Waals surface area (Å²) in [4.78, 5) is 26.0. The van der Waals surface area contributed by atoms with Gasteiger partial charge in [-0.25, -0.2) is 4.98 Å². The Hall–Kier alpha value is -3.00. The molecule has 21 heavy (non-hydrogen) atoms. The van der Waals surface area contributed by atoms with E-state index in [1.165, 1.54) is 24.4 Å². The van der Waals surface area contributed by atoms with E-state index in [4.69, 9.17) is 5.84 Å². The minimum absolute atomic E-state index is 0.0155. The predicted molar refractivity (Wildman–Crippen MR) is 76.3 cm³/mol. The van der Waals surface area contributed by atoms with Crippen LogP contribution in [-0.4, -0.2) is 15.8 Å². The zero-order chi connectivity index (χ0) is 15.2. The number of nitro groups is 1. The van der Waals surface area contributed by atoms with Crippen LogP contribution in [0.3, 0.4) is 0 Å². The molecule has 1 aromatic heterocycles. The SMILES string of the molecule is NNc1ccc(C(=O)NCc2cccc([N+](=O)[O-])c2)nc1. The van der Waals surface area contributed by atoms with Gasteiger partial charge in [-0.1, -0.05) is 12.1 Å². The maximum atomic E-state index is 11.9. The summed E-state index contributed by atoms with van der Waals surface area (Å²) in [5.74, 6) is 4.83. The number of carbonyl (C=O) groups is 1. The molecule has 0 aliphatic carbocycles. The Balaban J connectivity index is 2.00. The number of nitrogen functional groups attached to an aromatic ring is 1. The molecule has 108 valence electrons. The van der Waals surface area contributed by atoms with Crippen LogP contribution in [0.5, 0.6) is 0 Å². The number of hydrazine groups is 1. The molecule has 2 rings (SSSR count). The zero-order valence-corrected chi connectivity index (χ0v) is 10.9. The Kier molecular flexibility index (Phi) is 4.42. The molecule has 8 nitrogen and oxygen atoms in total. The van der Waals surface area contributed by atoms with Gasteiger partial charge in [0.25, 0.3) is 11.6 Å². The standard InChI is InChI=1S/C13H13N5O3/c14-17-10-4-5-12(15-8-10)13(19)16-7-9-2-1-3-11(6-9)18(20)21/h1-6,8,17H,7,14H2,(H,16,19). The largest absolute Gasteiger partial charge is 0.347 e. The summed E-state index contributed by atoms with van der Waals surface area (Å²) in [6, 6.07) is 9.22. The smallest absolute Gasteiger partial charge is 0.270 e. The Morgan fingerprint density at radius 1 is 1.33 bits per heavy atom. The van der Waals surface area contributed by atoms with Gasteiger partial charge in [-0.3, -0.25) is 20.8 Å². The second-order valence-electron chi connectivity index (χ2n) is 4.19. The number of benzene rings is 1. The number of nitrogens with zero attached hydrogens (tertiary/aromatic N) is 2. The fourth-order valence-electron chi connectivity index (χ4n) is 1.67. The van der Waals surface area contributed by atoms with E-state index in [9.17, 15) is 14.9 Å². The highest BCUT2D eigenvalue weighted by atomic mass is 16.6. The van der Waals surface area contributed by atoms with Gasteiger partial charge in [0.2, 0.25) is 0 Å². The topological polar surface area (TPSA) is 123 Å². The van der Waals surface area contributed by atoms with Crippen molar-refractivity contribution in [1.29, 1.82) is 0 Å². The van der Waals surface area contributed by atoms with Gasteiger partial charge in [-0.2, -0.15) is 0 Å². The van der Waals surface area contributed by atoms with E-state index in [0.717, 1.165) is 0 Å². The highest BCUT2D eigenvalue weighted by Crippen LogP contribution is 2.13. The van der Waals surface area contributed by atoms with E-state index in [1.54, 1.807) is 18.2 Å². The average molecular weight is 287 g/mol. The van der Waals surface area contributed by atoms with Gasteiger partial charge in [0.15, 0.2) is 0 Å². The first-order valence-electron chi connectivity index (χ1n) is 6.04. The first-order valence-corrected chi connectivity index (χ1v) is 6.04. The molecule has 1 heterocycles. The van der Waals surface area contributed by atoms with Crippen LogP contribution >= 0.6 is 0 Å². The maximum Gasteiger partial charge on any atom is 0.270 e. The van der Waals surface area contributed by atoms with E-state index >= 15 is 0 Å². The monoisotopic (exact) mass is 287 g/mol. The number of nitrogens with two attached hydrogens (primary N) is 1. The van der Waals surface area contributed by atoms with Crippen molar-refractivity contribution in [3.63, 3.8) is 0 Å². The summed E-state index contributed by atoms with van der Waals surface area (Å²) in [7, 11) is 0. The van der Waals surface area contributed by atoms with E-state index in [-0.39, 0.29) is 23.8 Å². The van der Waals surface area contributed by atoms with E-state index in [0.29, 0.717) is 11.3 Å². The quantitative estimate of drug-likeness (QED) is 0.431. The van der Waals surface area contributed by atoms with Crippen molar-refractivity contribution in [2.24, 2.45) is 5.84 Å². The highest BCUT2D eigenvalue weighted by molar-refractivity contribution is 5.92. The van der Waals surface area contributed by atoms with Crippen molar-refractivity contribution in [1.82, 2.24) is 10.3 Å². The van der Waals surface area contributed by atoms with Crippen LogP contribution in [0, 0.1) is 10.1 Å². The van der Waals surface area contributed by atoms with E-state index in [1.807, 2.05) is 0 Å². The number of nitrogens with one attached hydrogen (secondary N) is 2. The Morgan fingerprint density at radius 2 is 2.14 bits per heavy atom. The van der Waals surface area contributed by atoms with Crippen LogP contribution < -0.4 is 16.6 Å². The summed E-state index contributed by atoms with van der Waals surface area (Å²) < 4.78 is 0. The molecule has 1 amide bonds. The van der Waals surface area contributed by atoms with Crippen LogP contribution in [0.2, 0.25) is 0 Å². The fourth-order valence-corrected chi connectivity index (χ4v) is 1.67. The molecule has 0 spiro atoms. The molecule has 0 aliphatic rings. The van der Waals surface area contributed by atoms with Crippen LogP contribution in [0.4, 0.5) is 11.4 Å². The molecule has 1 aromatic carbocycles. The molecule has 0 aliphatic heterocycles. The fraction of sp³-hybridized carbons (Fsp3) is 0.0769. The zero-order valence-electron chi connectivity index (χ0n) is 10.9. The third kappa shape index (κ3) is 3.74. The van der Waals surface area contributed by atoms with Crippen LogP contribution in [-0.2, 0) is 6.54 Å². The number of nitro benzene ring substituents is 1. The number of hydrogen-bond acceptors (Lipinski definition) is 6. The second-order valence-corrected chi connectivity index (χ2v) is 4.19. The molecule has 4 N–H and O–H groups in total. The molecule has 0 bridgehead atoms. The van der Waals surface area contributed by atoms with Gasteiger partial charge >= 0.3 is 0 Å². The minimum Gasteiger partial charge on any atom is -0.347 e. The molecule has 0 radical (unpaired) electrons. The summed E-state index contributed by atoms with van der Waals surface area (Å²) >= 11 is 0. The minimum atomic E-state index is -0.481. The van der Waals surface area contributed by atoms with Crippen LogP contribution in [0.15, 0.2) is 42.6 Å². The van der Waals surface area contributed by atoms with Crippen LogP contribution in [0.25, 0.3) is 0 Å². The van der Waals surface area contributed by atoms with Crippen molar-refractivity contribution in [2.75, 3.05) is 5.43 Å². The van der Waals surface area contributed by atoms with Crippen molar-refractivity contribution in [2.45, 2.75) is 6.54 Å². The van der Waals surface area contributed by atoms with Gasteiger partial charge in [-0.15, -0.1) is 0 Å². The third-order valence-corrected chi connectivity index (χ3v) is 2.74. The van der Waals surface area contributed by atoms with Crippen molar-refractivity contribution in [3.05, 3.63) is 64.0 Å². The van der Waals surface area contributed by atoms with Crippen LogP contribution in [0.1, 0.15) is 16.1 Å². The van der Waals surface area contributed by atoms with Gasteiger partial charge in [0.05, 0.1) is 16.8 Å². The van der Waals surface area contributed by atoms with Gasteiger partial charge in [0, 0.05) is 18.7 Å². The summed E-state index contributed by atoms with van der Waals surface area (Å²) in [5, 5.41) is 13.3. The molecular weight excluding hydrogens is 274 g/mol. The van der Waals surface area contributed by atoms with Crippen molar-refractivity contribution >= 4 is 17.3 Å². The molecule has 0 unspecified atom stereocenters. The number of aromatic nitrogens is 1. The number of anilines is 1. The van der Waals surface area contributed by atoms with E-state index < -0.39 is 4.92 Å². The maximum absolute atomic E-state index is 11.9.